The van der Waals surface area contributed by atoms with Crippen LogP contribution in [0, 0.1) is 0 Å². The number of hydrogen-bond acceptors (Lipinski definition) is 3. The monoisotopic (exact) mass is 332 g/mol. The molecule has 0 saturated carbocycles. The van der Waals surface area contributed by atoms with E-state index in [1.54, 1.807) is 17.1 Å². The lowest BCUT2D eigenvalue weighted by Gasteiger charge is -2.26. The molecule has 0 spiro atoms. The van der Waals surface area contributed by atoms with E-state index in [-0.39, 0.29) is 18.0 Å². The molecule has 122 valence electrons. The number of rotatable bonds is 4. The summed E-state index contributed by atoms with van der Waals surface area (Å²) in [6.07, 6.45) is 4.33. The Labute approximate surface area is 141 Å². The molecule has 1 amide bonds. The van der Waals surface area contributed by atoms with Crippen molar-refractivity contribution in [1.82, 2.24) is 20.0 Å². The van der Waals surface area contributed by atoms with Gasteiger partial charge in [0, 0.05) is 24.3 Å². The molecule has 1 aliphatic heterocycles. The zero-order chi connectivity index (χ0) is 16.4. The Morgan fingerprint density at radius 1 is 1.39 bits per heavy atom. The summed E-state index contributed by atoms with van der Waals surface area (Å²) >= 11 is 5.98. The Kier molecular flexibility index (Phi) is 4.68. The van der Waals surface area contributed by atoms with Crippen LogP contribution in [0.25, 0.3) is 0 Å². The molecular weight excluding hydrogens is 312 g/mol. The van der Waals surface area contributed by atoms with Crippen LogP contribution in [-0.2, 0) is 6.54 Å². The van der Waals surface area contributed by atoms with E-state index in [0.717, 1.165) is 24.5 Å². The van der Waals surface area contributed by atoms with Gasteiger partial charge in [-0.2, -0.15) is 5.10 Å². The predicted molar refractivity (Wildman–Crippen MR) is 90.6 cm³/mol. The maximum atomic E-state index is 12.5. The molecule has 0 bridgehead atoms. The Morgan fingerprint density at radius 2 is 2.13 bits per heavy atom. The molecule has 5 nitrogen and oxygen atoms in total. The van der Waals surface area contributed by atoms with Crippen molar-refractivity contribution in [3.63, 3.8) is 0 Å². The molecule has 1 saturated heterocycles. The highest BCUT2D eigenvalue weighted by Gasteiger charge is 2.34. The lowest BCUT2D eigenvalue weighted by molar-refractivity contribution is 0.0927. The Morgan fingerprint density at radius 3 is 2.78 bits per heavy atom. The number of likely N-dealkylation sites (N-methyl/N-ethyl adjacent to an activating group) is 1. The summed E-state index contributed by atoms with van der Waals surface area (Å²) < 4.78 is 1.76. The minimum absolute atomic E-state index is 0.0658. The topological polar surface area (TPSA) is 50.2 Å². The molecule has 2 atom stereocenters. The van der Waals surface area contributed by atoms with Gasteiger partial charge in [0.15, 0.2) is 0 Å². The zero-order valence-electron chi connectivity index (χ0n) is 13.4. The summed E-state index contributed by atoms with van der Waals surface area (Å²) in [5, 5.41) is 8.05. The van der Waals surface area contributed by atoms with Crippen molar-refractivity contribution in [3.8, 4) is 0 Å². The second-order valence-electron chi connectivity index (χ2n) is 5.93. The number of benzene rings is 1. The first-order valence-corrected chi connectivity index (χ1v) is 8.25. The van der Waals surface area contributed by atoms with Gasteiger partial charge in [-0.3, -0.25) is 14.4 Å². The van der Waals surface area contributed by atoms with Gasteiger partial charge in [0.1, 0.15) is 0 Å². The molecule has 2 heterocycles. The molecule has 2 aromatic rings. The number of amides is 1. The summed E-state index contributed by atoms with van der Waals surface area (Å²) in [5.74, 6) is -0.0658. The molecular formula is C17H21ClN4O. The number of aromatic nitrogens is 2. The second-order valence-corrected chi connectivity index (χ2v) is 6.37. The number of aryl methyl sites for hydroxylation is 1. The molecule has 6 heteroatoms. The van der Waals surface area contributed by atoms with Crippen molar-refractivity contribution < 1.29 is 4.79 Å². The molecule has 23 heavy (non-hydrogen) atoms. The zero-order valence-corrected chi connectivity index (χ0v) is 14.1. The fourth-order valence-corrected chi connectivity index (χ4v) is 3.28. The summed E-state index contributed by atoms with van der Waals surface area (Å²) in [6.45, 7) is 3.70. The fourth-order valence-electron chi connectivity index (χ4n) is 3.15. The van der Waals surface area contributed by atoms with Crippen LogP contribution in [-0.4, -0.2) is 40.2 Å². The van der Waals surface area contributed by atoms with Gasteiger partial charge in [-0.15, -0.1) is 0 Å². The smallest absolute Gasteiger partial charge is 0.254 e. The van der Waals surface area contributed by atoms with Crippen LogP contribution >= 0.6 is 11.6 Å². The number of nitrogens with zero attached hydrogens (tertiary/aromatic N) is 3. The quantitative estimate of drug-likeness (QED) is 0.936. The third kappa shape index (κ3) is 3.41. The number of carbonyl (C=O) groups is 1. The van der Waals surface area contributed by atoms with Gasteiger partial charge < -0.3 is 5.32 Å². The van der Waals surface area contributed by atoms with E-state index in [0.29, 0.717) is 5.56 Å². The lowest BCUT2D eigenvalue weighted by Crippen LogP contribution is -2.38. The number of hydrogen-bond donors (Lipinski definition) is 1. The number of likely N-dealkylation sites (tertiary alicyclic amines) is 1. The highest BCUT2D eigenvalue weighted by Crippen LogP contribution is 2.31. The van der Waals surface area contributed by atoms with Crippen LogP contribution < -0.4 is 5.32 Å². The van der Waals surface area contributed by atoms with Crippen molar-refractivity contribution in [2.24, 2.45) is 0 Å². The largest absolute Gasteiger partial charge is 0.347 e. The van der Waals surface area contributed by atoms with E-state index in [2.05, 4.69) is 22.4 Å². The summed E-state index contributed by atoms with van der Waals surface area (Å²) in [5.41, 5.74) is 1.78. The van der Waals surface area contributed by atoms with E-state index in [1.165, 1.54) is 5.56 Å². The summed E-state index contributed by atoms with van der Waals surface area (Å²) in [6, 6.07) is 8.10. The first-order valence-electron chi connectivity index (χ1n) is 7.87. The van der Waals surface area contributed by atoms with Crippen LogP contribution in [0.4, 0.5) is 0 Å². The molecule has 0 aliphatic carbocycles. The fraction of sp³-hybridized carbons (Fsp3) is 0.412. The van der Waals surface area contributed by atoms with Crippen molar-refractivity contribution in [1.29, 1.82) is 0 Å². The summed E-state index contributed by atoms with van der Waals surface area (Å²) in [7, 11) is 2.08. The first kappa shape index (κ1) is 16.0. The van der Waals surface area contributed by atoms with Crippen molar-refractivity contribution in [2.45, 2.75) is 32.0 Å². The summed E-state index contributed by atoms with van der Waals surface area (Å²) in [4.78, 5) is 14.7. The predicted octanol–water partition coefficient (Wildman–Crippen LogP) is 2.73. The molecule has 0 unspecified atom stereocenters. The maximum Gasteiger partial charge on any atom is 0.254 e. The molecule has 3 rings (SSSR count). The molecule has 1 aliphatic rings. The molecule has 1 aromatic carbocycles. The maximum absolute atomic E-state index is 12.5. The van der Waals surface area contributed by atoms with Gasteiger partial charge in [0.05, 0.1) is 23.8 Å². The minimum atomic E-state index is -0.0658. The van der Waals surface area contributed by atoms with Gasteiger partial charge in [0.25, 0.3) is 5.91 Å². The molecule has 1 fully saturated rings. The number of carbonyl (C=O) groups excluding carboxylic acids is 1. The molecule has 0 radical (unpaired) electrons. The van der Waals surface area contributed by atoms with E-state index in [1.807, 2.05) is 31.2 Å². The lowest BCUT2D eigenvalue weighted by atomic mass is 10.00. The van der Waals surface area contributed by atoms with Gasteiger partial charge in [-0.05, 0) is 38.1 Å². The normalized spacial score (nSPS) is 21.5. The average Bonchev–Trinajstić information content (AvgIpc) is 3.16. The molecule has 1 aromatic heterocycles. The number of halogens is 1. The van der Waals surface area contributed by atoms with Crippen LogP contribution in [0.2, 0.25) is 5.02 Å². The Hall–Kier alpha value is -1.85. The SMILES string of the molecule is CCn1cc(C(=O)N[C@@H]2CCN(C)[C@@H]2c2ccc(Cl)cc2)cn1. The highest BCUT2D eigenvalue weighted by atomic mass is 35.5. The van der Waals surface area contributed by atoms with E-state index >= 15 is 0 Å². The molecule has 1 N–H and O–H groups in total. The third-order valence-corrected chi connectivity index (χ3v) is 4.65. The van der Waals surface area contributed by atoms with Crippen molar-refractivity contribution >= 4 is 17.5 Å². The van der Waals surface area contributed by atoms with Gasteiger partial charge >= 0.3 is 0 Å². The van der Waals surface area contributed by atoms with Gasteiger partial charge in [-0.1, -0.05) is 23.7 Å². The second kappa shape index (κ2) is 6.72. The van der Waals surface area contributed by atoms with Crippen LogP contribution in [0.3, 0.4) is 0 Å². The Balaban J connectivity index is 1.75. The van der Waals surface area contributed by atoms with Gasteiger partial charge in [-0.25, -0.2) is 0 Å². The average molecular weight is 333 g/mol. The van der Waals surface area contributed by atoms with Crippen molar-refractivity contribution in [3.05, 3.63) is 52.8 Å². The van der Waals surface area contributed by atoms with Crippen molar-refractivity contribution in [2.75, 3.05) is 13.6 Å². The van der Waals surface area contributed by atoms with Crippen LogP contribution in [0.15, 0.2) is 36.7 Å². The number of nitrogens with one attached hydrogen (secondary N) is 1. The van der Waals surface area contributed by atoms with E-state index in [9.17, 15) is 4.79 Å². The van der Waals surface area contributed by atoms with Crippen LogP contribution in [0.5, 0.6) is 0 Å². The highest BCUT2D eigenvalue weighted by molar-refractivity contribution is 6.30. The standard InChI is InChI=1S/C17H21ClN4O/c1-3-22-11-13(10-19-22)17(23)20-15-8-9-21(2)16(15)12-4-6-14(18)7-5-12/h4-7,10-11,15-16H,3,8-9H2,1-2H3,(H,20,23)/t15-,16-/m1/s1. The van der Waals surface area contributed by atoms with E-state index < -0.39 is 0 Å². The van der Waals surface area contributed by atoms with Gasteiger partial charge in [0.2, 0.25) is 0 Å². The first-order chi connectivity index (χ1) is 11.1. The third-order valence-electron chi connectivity index (χ3n) is 4.40. The minimum Gasteiger partial charge on any atom is -0.347 e. The van der Waals surface area contributed by atoms with E-state index in [4.69, 9.17) is 11.6 Å². The Bertz CT molecular complexity index is 682. The van der Waals surface area contributed by atoms with Crippen LogP contribution in [0.1, 0.15) is 35.3 Å².